The summed E-state index contributed by atoms with van der Waals surface area (Å²) in [4.78, 5) is 4.90. The molecule has 2 heterocycles. The third-order valence-corrected chi connectivity index (χ3v) is 6.30. The van der Waals surface area contributed by atoms with Crippen molar-refractivity contribution in [1.29, 1.82) is 0 Å². The van der Waals surface area contributed by atoms with Gasteiger partial charge in [0, 0.05) is 30.4 Å². The molecule has 4 bridgehead atoms. The minimum Gasteiger partial charge on any atom is -0.309 e. The summed E-state index contributed by atoms with van der Waals surface area (Å²) in [5.74, 6) is 3.04. The molecule has 1 N–H and O–H groups in total. The van der Waals surface area contributed by atoms with Crippen LogP contribution in [0, 0.1) is 17.8 Å². The molecule has 5 aliphatic rings. The van der Waals surface area contributed by atoms with Gasteiger partial charge in [-0.15, -0.1) is 0 Å². The number of fused-ring (bicyclic) bond motifs is 1. The molecule has 1 aliphatic heterocycles. The van der Waals surface area contributed by atoms with Crippen LogP contribution >= 0.6 is 0 Å². The van der Waals surface area contributed by atoms with Crippen molar-refractivity contribution in [2.75, 3.05) is 0 Å². The van der Waals surface area contributed by atoms with Crippen LogP contribution in [-0.2, 0) is 18.5 Å². The molecule has 0 unspecified atom stereocenters. The Morgan fingerprint density at radius 3 is 2.26 bits per heavy atom. The first-order valence-electron chi connectivity index (χ1n) is 8.00. The molecular formula is C17H22N2. The Hall–Kier alpha value is -0.890. The van der Waals surface area contributed by atoms with E-state index in [1.165, 1.54) is 55.3 Å². The number of hydrogen-bond donors (Lipinski definition) is 1. The van der Waals surface area contributed by atoms with Gasteiger partial charge in [0.05, 0.1) is 0 Å². The third-order valence-electron chi connectivity index (χ3n) is 6.30. The van der Waals surface area contributed by atoms with E-state index in [1.54, 1.807) is 0 Å². The molecular weight excluding hydrogens is 232 g/mol. The quantitative estimate of drug-likeness (QED) is 0.832. The Balaban J connectivity index is 1.58. The maximum atomic E-state index is 4.90. The number of pyridine rings is 1. The first-order chi connectivity index (χ1) is 9.31. The Kier molecular flexibility index (Phi) is 2.06. The third kappa shape index (κ3) is 1.50. The summed E-state index contributed by atoms with van der Waals surface area (Å²) in [6.07, 6.45) is 11.0. The van der Waals surface area contributed by atoms with E-state index in [0.717, 1.165) is 30.8 Å². The van der Waals surface area contributed by atoms with Crippen molar-refractivity contribution in [2.24, 2.45) is 17.8 Å². The molecule has 1 aromatic rings. The fourth-order valence-electron chi connectivity index (χ4n) is 5.90. The van der Waals surface area contributed by atoms with Crippen LogP contribution in [0.3, 0.4) is 0 Å². The van der Waals surface area contributed by atoms with Crippen molar-refractivity contribution >= 4 is 0 Å². The summed E-state index contributed by atoms with van der Waals surface area (Å²) < 4.78 is 0. The molecule has 1 aromatic heterocycles. The van der Waals surface area contributed by atoms with Gasteiger partial charge in [0.15, 0.2) is 0 Å². The van der Waals surface area contributed by atoms with E-state index in [-0.39, 0.29) is 0 Å². The predicted octanol–water partition coefficient (Wildman–Crippen LogP) is 3.15. The molecule has 0 spiro atoms. The lowest BCUT2D eigenvalue weighted by atomic mass is 9.48. The number of nitrogens with one attached hydrogen (secondary N) is 1. The van der Waals surface area contributed by atoms with Gasteiger partial charge in [0.2, 0.25) is 0 Å². The first kappa shape index (κ1) is 10.8. The van der Waals surface area contributed by atoms with Crippen molar-refractivity contribution in [3.05, 3.63) is 29.1 Å². The topological polar surface area (TPSA) is 24.9 Å². The lowest BCUT2D eigenvalue weighted by Crippen LogP contribution is -2.49. The molecule has 0 amide bonds. The maximum absolute atomic E-state index is 4.90. The zero-order chi connectivity index (χ0) is 12.4. The second-order valence-corrected chi connectivity index (χ2v) is 7.64. The van der Waals surface area contributed by atoms with Crippen molar-refractivity contribution in [3.8, 4) is 0 Å². The summed E-state index contributed by atoms with van der Waals surface area (Å²) in [5.41, 5.74) is 4.84. The lowest BCUT2D eigenvalue weighted by Gasteiger charge is -2.56. The van der Waals surface area contributed by atoms with Crippen LogP contribution < -0.4 is 5.32 Å². The van der Waals surface area contributed by atoms with Gasteiger partial charge in [-0.3, -0.25) is 4.98 Å². The highest BCUT2D eigenvalue weighted by atomic mass is 14.9. The van der Waals surface area contributed by atoms with Gasteiger partial charge in [-0.2, -0.15) is 0 Å². The maximum Gasteiger partial charge on any atom is 0.0469 e. The predicted molar refractivity (Wildman–Crippen MR) is 74.6 cm³/mol. The van der Waals surface area contributed by atoms with E-state index >= 15 is 0 Å². The first-order valence-corrected chi connectivity index (χ1v) is 8.00. The van der Waals surface area contributed by atoms with E-state index in [4.69, 9.17) is 4.98 Å². The molecule has 2 nitrogen and oxygen atoms in total. The zero-order valence-electron chi connectivity index (χ0n) is 11.5. The highest BCUT2D eigenvalue weighted by Crippen LogP contribution is 2.60. The van der Waals surface area contributed by atoms with Crippen molar-refractivity contribution in [1.82, 2.24) is 10.3 Å². The fraction of sp³-hybridized carbons (Fsp3) is 0.706. The molecule has 2 heteroatoms. The largest absolute Gasteiger partial charge is 0.309 e. The minimum atomic E-state index is 0.465. The van der Waals surface area contributed by atoms with Gasteiger partial charge in [-0.25, -0.2) is 0 Å². The smallest absolute Gasteiger partial charge is 0.0469 e. The van der Waals surface area contributed by atoms with Gasteiger partial charge in [0.25, 0.3) is 0 Å². The van der Waals surface area contributed by atoms with E-state index in [1.807, 2.05) is 0 Å². The average Bonchev–Trinajstić information content (AvgIpc) is 2.84. The molecule has 100 valence electrons. The highest BCUT2D eigenvalue weighted by molar-refractivity contribution is 5.34. The molecule has 4 fully saturated rings. The molecule has 0 atom stereocenters. The van der Waals surface area contributed by atoms with Crippen LogP contribution in [0.4, 0.5) is 0 Å². The standard InChI is InChI=1S/C17H22N2/c1-11-2-13-3-12(1)6-17(5-11,7-13)16-4-14-8-18-9-15(14)10-19-16/h4,10-13,18H,1-3,5-9H2. The summed E-state index contributed by atoms with van der Waals surface area (Å²) in [5, 5.41) is 3.45. The van der Waals surface area contributed by atoms with Crippen LogP contribution in [0.2, 0.25) is 0 Å². The van der Waals surface area contributed by atoms with Gasteiger partial charge in [-0.1, -0.05) is 0 Å². The second-order valence-electron chi connectivity index (χ2n) is 7.64. The summed E-state index contributed by atoms with van der Waals surface area (Å²) in [6.45, 7) is 2.07. The number of rotatable bonds is 1. The van der Waals surface area contributed by atoms with E-state index < -0.39 is 0 Å². The Morgan fingerprint density at radius 1 is 0.947 bits per heavy atom. The Morgan fingerprint density at radius 2 is 1.58 bits per heavy atom. The average molecular weight is 254 g/mol. The summed E-state index contributed by atoms with van der Waals surface area (Å²) in [6, 6.07) is 2.45. The van der Waals surface area contributed by atoms with E-state index in [9.17, 15) is 0 Å². The Labute approximate surface area is 115 Å². The van der Waals surface area contributed by atoms with E-state index in [2.05, 4.69) is 17.6 Å². The van der Waals surface area contributed by atoms with Crippen LogP contribution in [0.25, 0.3) is 0 Å². The molecule has 0 aromatic carbocycles. The molecule has 0 radical (unpaired) electrons. The van der Waals surface area contributed by atoms with E-state index in [0.29, 0.717) is 5.41 Å². The number of hydrogen-bond acceptors (Lipinski definition) is 2. The van der Waals surface area contributed by atoms with Gasteiger partial charge >= 0.3 is 0 Å². The monoisotopic (exact) mass is 254 g/mol. The lowest BCUT2D eigenvalue weighted by molar-refractivity contribution is -0.00723. The van der Waals surface area contributed by atoms with Crippen molar-refractivity contribution in [2.45, 2.75) is 57.0 Å². The highest BCUT2D eigenvalue weighted by Gasteiger charge is 2.52. The fourth-order valence-corrected chi connectivity index (χ4v) is 5.90. The SMILES string of the molecule is c1nc(C23CC4CC(CC(C4)C2)C3)cc2c1CNC2. The van der Waals surface area contributed by atoms with Crippen molar-refractivity contribution in [3.63, 3.8) is 0 Å². The van der Waals surface area contributed by atoms with Crippen LogP contribution in [0.1, 0.15) is 55.3 Å². The summed E-state index contributed by atoms with van der Waals surface area (Å²) in [7, 11) is 0. The van der Waals surface area contributed by atoms with Crippen LogP contribution in [-0.4, -0.2) is 4.98 Å². The van der Waals surface area contributed by atoms with Gasteiger partial charge in [-0.05, 0) is 73.5 Å². The molecule has 19 heavy (non-hydrogen) atoms. The summed E-state index contributed by atoms with van der Waals surface area (Å²) >= 11 is 0. The molecule has 6 rings (SSSR count). The number of nitrogens with zero attached hydrogens (tertiary/aromatic N) is 1. The molecule has 4 saturated carbocycles. The zero-order valence-corrected chi connectivity index (χ0v) is 11.5. The molecule has 0 saturated heterocycles. The van der Waals surface area contributed by atoms with Crippen LogP contribution in [0.5, 0.6) is 0 Å². The second kappa shape index (κ2) is 3.60. The number of aromatic nitrogens is 1. The van der Waals surface area contributed by atoms with Crippen molar-refractivity contribution < 1.29 is 0 Å². The molecule has 4 aliphatic carbocycles. The normalized spacial score (nSPS) is 42.6. The Bertz CT molecular complexity index is 499. The van der Waals surface area contributed by atoms with Gasteiger partial charge < -0.3 is 5.32 Å². The minimum absolute atomic E-state index is 0.465. The van der Waals surface area contributed by atoms with Crippen LogP contribution in [0.15, 0.2) is 12.3 Å². The van der Waals surface area contributed by atoms with Gasteiger partial charge in [0.1, 0.15) is 0 Å².